The highest BCUT2D eigenvalue weighted by Gasteiger charge is 2.09. The van der Waals surface area contributed by atoms with Gasteiger partial charge >= 0.3 is 0 Å². The van der Waals surface area contributed by atoms with Gasteiger partial charge in [0.15, 0.2) is 17.3 Å². The molecule has 1 heterocycles. The Morgan fingerprint density at radius 3 is 2.39 bits per heavy atom. The molecule has 1 aromatic heterocycles. The van der Waals surface area contributed by atoms with Crippen molar-refractivity contribution in [3.8, 4) is 23.0 Å². The molecule has 2 aromatic rings. The first-order chi connectivity index (χ1) is 8.78. The van der Waals surface area contributed by atoms with Crippen molar-refractivity contribution in [1.29, 1.82) is 0 Å². The molecule has 0 unspecified atom stereocenters. The summed E-state index contributed by atoms with van der Waals surface area (Å²) in [5.41, 5.74) is 1.41. The molecule has 5 nitrogen and oxygen atoms in total. The smallest absolute Gasteiger partial charge is 0.260 e. The van der Waals surface area contributed by atoms with Crippen LogP contribution >= 0.6 is 0 Å². The number of benzene rings is 1. The summed E-state index contributed by atoms with van der Waals surface area (Å²) in [6.45, 7) is 6.89. The van der Waals surface area contributed by atoms with E-state index in [9.17, 15) is 0 Å². The van der Waals surface area contributed by atoms with E-state index in [2.05, 4.69) is 14.8 Å². The standard InChI is InChI=1S/C13H11N3O2/c1-14-10-6-4-9(5-7-10)12-15-8-11(17-2)13(16-12)18-3/h4-8H,2-3H3. The molecule has 0 aliphatic heterocycles. The molecule has 1 aromatic carbocycles. The normalized spacial score (nSPS) is 9.61. The van der Waals surface area contributed by atoms with Crippen LogP contribution in [0, 0.1) is 6.57 Å². The third-order valence-corrected chi connectivity index (χ3v) is 2.39. The molecule has 0 spiro atoms. The second-order valence-electron chi connectivity index (χ2n) is 3.43. The molecular formula is C13H11N3O2. The zero-order valence-corrected chi connectivity index (χ0v) is 10.0. The molecule has 18 heavy (non-hydrogen) atoms. The summed E-state index contributed by atoms with van der Waals surface area (Å²) in [6.07, 6.45) is 1.56. The summed E-state index contributed by atoms with van der Waals surface area (Å²) in [6, 6.07) is 7.05. The molecule has 5 heteroatoms. The van der Waals surface area contributed by atoms with Crippen LogP contribution in [0.4, 0.5) is 5.69 Å². The Kier molecular flexibility index (Phi) is 3.39. The lowest BCUT2D eigenvalue weighted by Crippen LogP contribution is -1.97. The Labute approximate surface area is 105 Å². The molecule has 90 valence electrons. The lowest BCUT2D eigenvalue weighted by molar-refractivity contribution is 0.341. The summed E-state index contributed by atoms with van der Waals surface area (Å²) >= 11 is 0. The van der Waals surface area contributed by atoms with Crippen molar-refractivity contribution in [3.63, 3.8) is 0 Å². The number of ether oxygens (including phenoxy) is 2. The molecule has 0 radical (unpaired) electrons. The third-order valence-electron chi connectivity index (χ3n) is 2.39. The average molecular weight is 241 g/mol. The number of aromatic nitrogens is 2. The maximum absolute atomic E-state index is 6.89. The number of hydrogen-bond acceptors (Lipinski definition) is 4. The molecule has 0 saturated carbocycles. The van der Waals surface area contributed by atoms with Crippen molar-refractivity contribution in [2.24, 2.45) is 0 Å². The molecule has 0 amide bonds. The summed E-state index contributed by atoms with van der Waals surface area (Å²) in [5.74, 6) is 1.40. The van der Waals surface area contributed by atoms with E-state index in [1.54, 1.807) is 30.5 Å². The van der Waals surface area contributed by atoms with E-state index in [0.29, 0.717) is 23.1 Å². The molecule has 0 fully saturated rings. The molecule has 0 N–H and O–H groups in total. The summed E-state index contributed by atoms with van der Waals surface area (Å²) in [5, 5.41) is 0. The highest BCUT2D eigenvalue weighted by molar-refractivity contribution is 5.60. The maximum atomic E-state index is 6.89. The minimum Gasteiger partial charge on any atom is -0.490 e. The van der Waals surface area contributed by atoms with Crippen molar-refractivity contribution < 1.29 is 9.47 Å². The lowest BCUT2D eigenvalue weighted by Gasteiger charge is -2.07. The minimum atomic E-state index is 0.386. The van der Waals surface area contributed by atoms with E-state index in [-0.39, 0.29) is 0 Å². The Balaban J connectivity index is 2.41. The second kappa shape index (κ2) is 5.15. The Hall–Kier alpha value is -2.61. The molecule has 0 atom stereocenters. The van der Waals surface area contributed by atoms with Crippen LogP contribution in [0.25, 0.3) is 16.2 Å². The van der Waals surface area contributed by atoms with E-state index in [1.165, 1.54) is 14.2 Å². The highest BCUT2D eigenvalue weighted by atomic mass is 16.5. The van der Waals surface area contributed by atoms with Gasteiger partial charge < -0.3 is 9.47 Å². The van der Waals surface area contributed by atoms with Gasteiger partial charge in [0.25, 0.3) is 5.88 Å². The van der Waals surface area contributed by atoms with Crippen LogP contribution in [0.5, 0.6) is 11.6 Å². The maximum Gasteiger partial charge on any atom is 0.260 e. The fourth-order valence-electron chi connectivity index (χ4n) is 1.47. The van der Waals surface area contributed by atoms with Gasteiger partial charge in [-0.3, -0.25) is 0 Å². The SMILES string of the molecule is [C-]#[N+]c1ccc(-c2ncc(OC)c(OC)n2)cc1. The second-order valence-corrected chi connectivity index (χ2v) is 3.43. The fourth-order valence-corrected chi connectivity index (χ4v) is 1.47. The van der Waals surface area contributed by atoms with Gasteiger partial charge in [-0.1, -0.05) is 24.3 Å². The van der Waals surface area contributed by atoms with Gasteiger partial charge in [-0.2, -0.15) is 4.98 Å². The number of methoxy groups -OCH3 is 2. The minimum absolute atomic E-state index is 0.386. The highest BCUT2D eigenvalue weighted by Crippen LogP contribution is 2.27. The fraction of sp³-hybridized carbons (Fsp3) is 0.154. The predicted octanol–water partition coefficient (Wildman–Crippen LogP) is 2.71. The lowest BCUT2D eigenvalue weighted by atomic mass is 10.2. The van der Waals surface area contributed by atoms with E-state index < -0.39 is 0 Å². The zero-order valence-electron chi connectivity index (χ0n) is 10.0. The molecular weight excluding hydrogens is 230 g/mol. The molecule has 2 rings (SSSR count). The van der Waals surface area contributed by atoms with Gasteiger partial charge in [0.2, 0.25) is 0 Å². The number of hydrogen-bond donors (Lipinski definition) is 0. The predicted molar refractivity (Wildman–Crippen MR) is 66.8 cm³/mol. The Morgan fingerprint density at radius 1 is 1.11 bits per heavy atom. The monoisotopic (exact) mass is 241 g/mol. The van der Waals surface area contributed by atoms with E-state index in [4.69, 9.17) is 16.0 Å². The van der Waals surface area contributed by atoms with Gasteiger partial charge in [0.05, 0.1) is 27.0 Å². The van der Waals surface area contributed by atoms with Crippen LogP contribution in [0.15, 0.2) is 30.5 Å². The topological polar surface area (TPSA) is 48.6 Å². The van der Waals surface area contributed by atoms with Crippen LogP contribution in [-0.2, 0) is 0 Å². The van der Waals surface area contributed by atoms with Crippen LogP contribution in [0.2, 0.25) is 0 Å². The first-order valence-corrected chi connectivity index (χ1v) is 5.21. The zero-order chi connectivity index (χ0) is 13.0. The summed E-state index contributed by atoms with van der Waals surface area (Å²) < 4.78 is 10.2. The molecule has 0 aliphatic rings. The van der Waals surface area contributed by atoms with Crippen molar-refractivity contribution >= 4 is 5.69 Å². The van der Waals surface area contributed by atoms with Crippen molar-refractivity contribution in [2.45, 2.75) is 0 Å². The summed E-state index contributed by atoms with van der Waals surface area (Å²) in [7, 11) is 3.06. The van der Waals surface area contributed by atoms with Crippen LogP contribution < -0.4 is 9.47 Å². The van der Waals surface area contributed by atoms with Crippen LogP contribution in [0.3, 0.4) is 0 Å². The van der Waals surface area contributed by atoms with E-state index in [0.717, 1.165) is 5.56 Å². The van der Waals surface area contributed by atoms with Crippen LogP contribution in [0.1, 0.15) is 0 Å². The third kappa shape index (κ3) is 2.23. The first kappa shape index (κ1) is 11.9. The average Bonchev–Trinajstić information content (AvgIpc) is 2.46. The first-order valence-electron chi connectivity index (χ1n) is 5.21. The van der Waals surface area contributed by atoms with Gasteiger partial charge in [-0.25, -0.2) is 9.83 Å². The van der Waals surface area contributed by atoms with Gasteiger partial charge in [0, 0.05) is 5.56 Å². The van der Waals surface area contributed by atoms with Crippen molar-refractivity contribution in [1.82, 2.24) is 9.97 Å². The Bertz CT molecular complexity index is 588. The summed E-state index contributed by atoms with van der Waals surface area (Å²) in [4.78, 5) is 11.8. The molecule has 0 saturated heterocycles. The van der Waals surface area contributed by atoms with Gasteiger partial charge in [-0.15, -0.1) is 0 Å². The number of nitrogens with zero attached hydrogens (tertiary/aromatic N) is 3. The molecule has 0 bridgehead atoms. The van der Waals surface area contributed by atoms with Gasteiger partial charge in [0.1, 0.15) is 0 Å². The van der Waals surface area contributed by atoms with Crippen LogP contribution in [-0.4, -0.2) is 24.2 Å². The Morgan fingerprint density at radius 2 is 1.83 bits per heavy atom. The van der Waals surface area contributed by atoms with E-state index in [1.807, 2.05) is 0 Å². The van der Waals surface area contributed by atoms with Crippen molar-refractivity contribution in [2.75, 3.05) is 14.2 Å². The number of rotatable bonds is 3. The largest absolute Gasteiger partial charge is 0.490 e. The van der Waals surface area contributed by atoms with Gasteiger partial charge in [-0.05, 0) is 0 Å². The van der Waals surface area contributed by atoms with Crippen molar-refractivity contribution in [3.05, 3.63) is 41.9 Å². The quantitative estimate of drug-likeness (QED) is 0.775. The van der Waals surface area contributed by atoms with E-state index >= 15 is 0 Å². The molecule has 0 aliphatic carbocycles.